The van der Waals surface area contributed by atoms with Gasteiger partial charge in [0.1, 0.15) is 5.82 Å². The summed E-state index contributed by atoms with van der Waals surface area (Å²) in [6.45, 7) is 1.07. The zero-order valence-corrected chi connectivity index (χ0v) is 8.99. The van der Waals surface area contributed by atoms with Gasteiger partial charge in [-0.05, 0) is 44.1 Å². The van der Waals surface area contributed by atoms with E-state index in [4.69, 9.17) is 5.73 Å². The molecule has 0 saturated carbocycles. The lowest BCUT2D eigenvalue weighted by Gasteiger charge is -2.37. The second kappa shape index (κ2) is 4.29. The molecule has 1 aliphatic heterocycles. The molecule has 2 nitrogen and oxygen atoms in total. The van der Waals surface area contributed by atoms with Crippen molar-refractivity contribution in [2.75, 3.05) is 13.6 Å². The fraction of sp³-hybridized carbons (Fsp3) is 0.500. The molecule has 1 saturated heterocycles. The van der Waals surface area contributed by atoms with Crippen LogP contribution in [0.5, 0.6) is 0 Å². The normalized spacial score (nSPS) is 27.9. The minimum Gasteiger partial charge on any atom is -0.326 e. The lowest BCUT2D eigenvalue weighted by molar-refractivity contribution is 0.163. The summed E-state index contributed by atoms with van der Waals surface area (Å²) >= 11 is 0. The standard InChI is InChI=1S/C12H17FN2/c1-15-8-2-3-11(14)12(15)9-4-6-10(13)7-5-9/h4-7,11-12H,2-3,8,14H2,1H3. The highest BCUT2D eigenvalue weighted by atomic mass is 19.1. The first kappa shape index (κ1) is 10.6. The maximum absolute atomic E-state index is 12.8. The minimum atomic E-state index is -0.189. The quantitative estimate of drug-likeness (QED) is 0.764. The van der Waals surface area contributed by atoms with Crippen LogP contribution >= 0.6 is 0 Å². The summed E-state index contributed by atoms with van der Waals surface area (Å²) in [5.74, 6) is -0.189. The molecule has 0 spiro atoms. The van der Waals surface area contributed by atoms with Crippen molar-refractivity contribution in [3.63, 3.8) is 0 Å². The third-order valence-corrected chi connectivity index (χ3v) is 3.14. The SMILES string of the molecule is CN1CCCC(N)C1c1ccc(F)cc1. The van der Waals surface area contributed by atoms with Gasteiger partial charge in [-0.3, -0.25) is 4.90 Å². The Morgan fingerprint density at radius 2 is 2.00 bits per heavy atom. The zero-order chi connectivity index (χ0) is 10.8. The molecule has 0 aliphatic carbocycles. The molecule has 2 rings (SSSR count). The molecular weight excluding hydrogens is 191 g/mol. The molecule has 3 heteroatoms. The number of likely N-dealkylation sites (N-methyl/N-ethyl adjacent to an activating group) is 1. The van der Waals surface area contributed by atoms with Crippen molar-refractivity contribution in [1.82, 2.24) is 4.90 Å². The third-order valence-electron chi connectivity index (χ3n) is 3.14. The fourth-order valence-corrected chi connectivity index (χ4v) is 2.36. The highest BCUT2D eigenvalue weighted by Gasteiger charge is 2.27. The van der Waals surface area contributed by atoms with Crippen molar-refractivity contribution in [2.45, 2.75) is 24.9 Å². The average molecular weight is 208 g/mol. The molecule has 82 valence electrons. The number of likely N-dealkylation sites (tertiary alicyclic amines) is 1. The number of benzene rings is 1. The van der Waals surface area contributed by atoms with Gasteiger partial charge < -0.3 is 5.73 Å². The topological polar surface area (TPSA) is 29.3 Å². The van der Waals surface area contributed by atoms with E-state index >= 15 is 0 Å². The number of piperidine rings is 1. The monoisotopic (exact) mass is 208 g/mol. The Balaban J connectivity index is 2.23. The molecule has 1 fully saturated rings. The Hall–Kier alpha value is -0.930. The lowest BCUT2D eigenvalue weighted by Crippen LogP contribution is -2.43. The van der Waals surface area contributed by atoms with E-state index in [-0.39, 0.29) is 17.9 Å². The molecule has 2 N–H and O–H groups in total. The van der Waals surface area contributed by atoms with Crippen LogP contribution in [0.1, 0.15) is 24.4 Å². The Bertz CT molecular complexity index is 313. The largest absolute Gasteiger partial charge is 0.326 e. The number of rotatable bonds is 1. The van der Waals surface area contributed by atoms with Crippen LogP contribution in [-0.4, -0.2) is 24.5 Å². The van der Waals surface area contributed by atoms with E-state index in [1.807, 2.05) is 12.1 Å². The van der Waals surface area contributed by atoms with E-state index in [0.29, 0.717) is 0 Å². The Kier molecular flexibility index (Phi) is 3.03. The average Bonchev–Trinajstić information content (AvgIpc) is 2.20. The molecule has 2 atom stereocenters. The van der Waals surface area contributed by atoms with Crippen molar-refractivity contribution in [3.8, 4) is 0 Å². The van der Waals surface area contributed by atoms with Crippen LogP contribution in [0.3, 0.4) is 0 Å². The minimum absolute atomic E-state index is 0.161. The van der Waals surface area contributed by atoms with Gasteiger partial charge in [0.15, 0.2) is 0 Å². The number of nitrogens with two attached hydrogens (primary N) is 1. The van der Waals surface area contributed by atoms with Crippen LogP contribution in [0.2, 0.25) is 0 Å². The van der Waals surface area contributed by atoms with Gasteiger partial charge in [-0.1, -0.05) is 12.1 Å². The van der Waals surface area contributed by atoms with Crippen molar-refractivity contribution in [1.29, 1.82) is 0 Å². The molecule has 0 radical (unpaired) electrons. The summed E-state index contributed by atoms with van der Waals surface area (Å²) in [6, 6.07) is 7.08. The van der Waals surface area contributed by atoms with Crippen molar-refractivity contribution < 1.29 is 4.39 Å². The number of halogens is 1. The van der Waals surface area contributed by atoms with Gasteiger partial charge in [0.25, 0.3) is 0 Å². The third kappa shape index (κ3) is 2.19. The van der Waals surface area contributed by atoms with E-state index in [9.17, 15) is 4.39 Å². The summed E-state index contributed by atoms with van der Waals surface area (Å²) in [5, 5.41) is 0. The van der Waals surface area contributed by atoms with Crippen LogP contribution in [0, 0.1) is 5.82 Å². The molecule has 0 bridgehead atoms. The lowest BCUT2D eigenvalue weighted by atomic mass is 9.91. The first-order valence-electron chi connectivity index (χ1n) is 5.40. The van der Waals surface area contributed by atoms with Gasteiger partial charge in [0.05, 0.1) is 0 Å². The highest BCUT2D eigenvalue weighted by molar-refractivity contribution is 5.22. The zero-order valence-electron chi connectivity index (χ0n) is 8.99. The van der Waals surface area contributed by atoms with Gasteiger partial charge >= 0.3 is 0 Å². The van der Waals surface area contributed by atoms with Crippen molar-refractivity contribution in [3.05, 3.63) is 35.6 Å². The summed E-state index contributed by atoms with van der Waals surface area (Å²) in [5.41, 5.74) is 7.22. The summed E-state index contributed by atoms with van der Waals surface area (Å²) < 4.78 is 12.8. The molecule has 15 heavy (non-hydrogen) atoms. The smallest absolute Gasteiger partial charge is 0.123 e. The van der Waals surface area contributed by atoms with E-state index in [2.05, 4.69) is 11.9 Å². The second-order valence-corrected chi connectivity index (χ2v) is 4.28. The van der Waals surface area contributed by atoms with Gasteiger partial charge in [-0.25, -0.2) is 4.39 Å². The number of nitrogens with zero attached hydrogens (tertiary/aromatic N) is 1. The Labute approximate surface area is 89.9 Å². The Morgan fingerprint density at radius 1 is 1.33 bits per heavy atom. The van der Waals surface area contributed by atoms with Gasteiger partial charge in [-0.15, -0.1) is 0 Å². The molecule has 0 amide bonds. The molecule has 2 unspecified atom stereocenters. The van der Waals surface area contributed by atoms with Gasteiger partial charge in [-0.2, -0.15) is 0 Å². The molecule has 1 aliphatic rings. The van der Waals surface area contributed by atoms with Crippen LogP contribution in [0.15, 0.2) is 24.3 Å². The molecule has 1 aromatic carbocycles. The molecule has 0 aromatic heterocycles. The Morgan fingerprint density at radius 3 is 2.60 bits per heavy atom. The first-order chi connectivity index (χ1) is 7.18. The van der Waals surface area contributed by atoms with Gasteiger partial charge in [0, 0.05) is 12.1 Å². The predicted molar refractivity (Wildman–Crippen MR) is 59.0 cm³/mol. The maximum atomic E-state index is 12.8. The predicted octanol–water partition coefficient (Wildman–Crippen LogP) is 1.92. The van der Waals surface area contributed by atoms with Gasteiger partial charge in [0.2, 0.25) is 0 Å². The van der Waals surface area contributed by atoms with E-state index in [0.717, 1.165) is 24.9 Å². The highest BCUT2D eigenvalue weighted by Crippen LogP contribution is 2.28. The van der Waals surface area contributed by atoms with E-state index in [1.165, 1.54) is 12.1 Å². The van der Waals surface area contributed by atoms with E-state index < -0.39 is 0 Å². The van der Waals surface area contributed by atoms with Crippen molar-refractivity contribution in [2.24, 2.45) is 5.73 Å². The fourth-order valence-electron chi connectivity index (χ4n) is 2.36. The van der Waals surface area contributed by atoms with Crippen LogP contribution < -0.4 is 5.73 Å². The first-order valence-corrected chi connectivity index (χ1v) is 5.40. The summed E-state index contributed by atoms with van der Waals surface area (Å²) in [7, 11) is 2.08. The molecule has 1 heterocycles. The number of hydrogen-bond donors (Lipinski definition) is 1. The van der Waals surface area contributed by atoms with Crippen molar-refractivity contribution >= 4 is 0 Å². The van der Waals surface area contributed by atoms with Crippen LogP contribution in [-0.2, 0) is 0 Å². The molecular formula is C12H17FN2. The summed E-state index contributed by atoms with van der Waals surface area (Å²) in [4.78, 5) is 2.25. The van der Waals surface area contributed by atoms with Crippen LogP contribution in [0.4, 0.5) is 4.39 Å². The number of hydrogen-bond acceptors (Lipinski definition) is 2. The summed E-state index contributed by atoms with van der Waals surface area (Å²) in [6.07, 6.45) is 2.20. The van der Waals surface area contributed by atoms with E-state index in [1.54, 1.807) is 0 Å². The maximum Gasteiger partial charge on any atom is 0.123 e. The molecule has 1 aromatic rings. The second-order valence-electron chi connectivity index (χ2n) is 4.28. The van der Waals surface area contributed by atoms with Crippen LogP contribution in [0.25, 0.3) is 0 Å².